The van der Waals surface area contributed by atoms with Crippen LogP contribution in [-0.2, 0) is 0 Å². The summed E-state index contributed by atoms with van der Waals surface area (Å²) >= 11 is 0. The van der Waals surface area contributed by atoms with E-state index >= 15 is 0 Å². The molecule has 0 amide bonds. The summed E-state index contributed by atoms with van der Waals surface area (Å²) in [6.45, 7) is 5.34. The minimum Gasteiger partial charge on any atom is -0.494 e. The van der Waals surface area contributed by atoms with E-state index in [9.17, 15) is 5.26 Å². The molecule has 0 N–H and O–H groups in total. The molecule has 0 saturated heterocycles. The molecule has 0 radical (unpaired) electrons. The molecule has 0 heterocycles. The Kier molecular flexibility index (Phi) is 13.8. The van der Waals surface area contributed by atoms with Crippen molar-refractivity contribution in [2.24, 2.45) is 5.41 Å². The third-order valence-electron chi connectivity index (χ3n) is 8.78. The normalized spacial score (nSPS) is 19.2. The molecule has 1 saturated carbocycles. The largest absolute Gasteiger partial charge is 0.494 e. The zero-order valence-corrected chi connectivity index (χ0v) is 24.5. The van der Waals surface area contributed by atoms with Gasteiger partial charge in [-0.1, -0.05) is 127 Å². The Morgan fingerprint density at radius 1 is 0.684 bits per heavy atom. The van der Waals surface area contributed by atoms with Crippen LogP contribution in [0.4, 0.5) is 0 Å². The molecule has 0 atom stereocenters. The lowest BCUT2D eigenvalue weighted by atomic mass is 9.67. The molecule has 2 nitrogen and oxygen atoms in total. The Bertz CT molecular complexity index is 915. The van der Waals surface area contributed by atoms with Crippen LogP contribution in [0, 0.1) is 16.7 Å². The third-order valence-corrected chi connectivity index (χ3v) is 8.78. The van der Waals surface area contributed by atoms with Crippen LogP contribution in [0.3, 0.4) is 0 Å². The van der Waals surface area contributed by atoms with Gasteiger partial charge in [0.1, 0.15) is 5.75 Å². The van der Waals surface area contributed by atoms with Gasteiger partial charge in [-0.25, -0.2) is 0 Å². The first kappa shape index (κ1) is 30.3. The second kappa shape index (κ2) is 17.3. The minimum absolute atomic E-state index is 0.0707. The molecule has 1 aliphatic carbocycles. The lowest BCUT2D eigenvalue weighted by Crippen LogP contribution is -2.25. The van der Waals surface area contributed by atoms with Crippen molar-refractivity contribution >= 4 is 0 Å². The highest BCUT2D eigenvalue weighted by molar-refractivity contribution is 5.64. The van der Waals surface area contributed by atoms with Gasteiger partial charge in [-0.15, -0.1) is 0 Å². The van der Waals surface area contributed by atoms with Crippen molar-refractivity contribution < 1.29 is 4.74 Å². The van der Waals surface area contributed by atoms with E-state index in [1.54, 1.807) is 0 Å². The minimum atomic E-state index is -0.0707. The molecule has 38 heavy (non-hydrogen) atoms. The van der Waals surface area contributed by atoms with Gasteiger partial charge >= 0.3 is 0 Å². The highest BCUT2D eigenvalue weighted by atomic mass is 16.5. The fourth-order valence-corrected chi connectivity index (χ4v) is 6.11. The molecule has 0 spiro atoms. The Labute approximate surface area is 234 Å². The molecule has 0 aromatic heterocycles. The van der Waals surface area contributed by atoms with E-state index in [4.69, 9.17) is 4.74 Å². The molecule has 208 valence electrons. The Morgan fingerprint density at radius 3 is 1.74 bits per heavy atom. The molecule has 1 fully saturated rings. The van der Waals surface area contributed by atoms with Crippen LogP contribution in [-0.4, -0.2) is 6.61 Å². The molecule has 1 aliphatic rings. The predicted molar refractivity (Wildman–Crippen MR) is 163 cm³/mol. The standard InChI is InChI=1S/C36H53NO/c1-3-5-7-9-11-12-14-26-36(30-37)27-24-34(25-28-36)32-18-16-31(17-19-32)33-20-22-35(23-21-33)38-29-15-13-10-8-6-4-2/h16-23,34H,3-15,24-29H2,1-2H3. The molecule has 0 bridgehead atoms. The van der Waals surface area contributed by atoms with Gasteiger partial charge in [0, 0.05) is 0 Å². The van der Waals surface area contributed by atoms with Gasteiger partial charge in [-0.05, 0) is 73.3 Å². The summed E-state index contributed by atoms with van der Waals surface area (Å²) in [4.78, 5) is 0. The quantitative estimate of drug-likeness (QED) is 0.185. The number of ether oxygens (including phenoxy) is 1. The van der Waals surface area contributed by atoms with E-state index in [0.29, 0.717) is 5.92 Å². The number of benzene rings is 2. The summed E-state index contributed by atoms with van der Waals surface area (Å²) in [5, 5.41) is 9.99. The summed E-state index contributed by atoms with van der Waals surface area (Å²) in [6.07, 6.45) is 22.5. The molecule has 2 aromatic carbocycles. The van der Waals surface area contributed by atoms with E-state index in [1.165, 1.54) is 93.7 Å². The summed E-state index contributed by atoms with van der Waals surface area (Å²) in [7, 11) is 0. The fraction of sp³-hybridized carbons (Fsp3) is 0.639. The van der Waals surface area contributed by atoms with Crippen molar-refractivity contribution in [1.29, 1.82) is 5.26 Å². The first-order valence-corrected chi connectivity index (χ1v) is 15.9. The summed E-state index contributed by atoms with van der Waals surface area (Å²) in [6, 6.07) is 20.5. The molecular weight excluding hydrogens is 462 g/mol. The van der Waals surface area contributed by atoms with Crippen LogP contribution in [0.5, 0.6) is 5.75 Å². The lowest BCUT2D eigenvalue weighted by Gasteiger charge is -2.35. The van der Waals surface area contributed by atoms with Gasteiger partial charge in [-0.2, -0.15) is 5.26 Å². The zero-order chi connectivity index (χ0) is 26.9. The lowest BCUT2D eigenvalue weighted by molar-refractivity contribution is 0.223. The number of hydrogen-bond acceptors (Lipinski definition) is 2. The number of nitrogens with zero attached hydrogens (tertiary/aromatic N) is 1. The number of unbranched alkanes of at least 4 members (excludes halogenated alkanes) is 11. The van der Waals surface area contributed by atoms with Crippen LogP contribution in [0.2, 0.25) is 0 Å². The summed E-state index contributed by atoms with van der Waals surface area (Å²) < 4.78 is 5.96. The molecule has 2 heteroatoms. The fourth-order valence-electron chi connectivity index (χ4n) is 6.11. The van der Waals surface area contributed by atoms with E-state index in [0.717, 1.165) is 50.9 Å². The smallest absolute Gasteiger partial charge is 0.119 e. The van der Waals surface area contributed by atoms with Gasteiger partial charge in [-0.3, -0.25) is 0 Å². The molecule has 2 aromatic rings. The number of rotatable bonds is 18. The monoisotopic (exact) mass is 515 g/mol. The van der Waals surface area contributed by atoms with Crippen molar-refractivity contribution in [3.8, 4) is 22.9 Å². The molecular formula is C36H53NO. The highest BCUT2D eigenvalue weighted by Crippen LogP contribution is 2.46. The zero-order valence-electron chi connectivity index (χ0n) is 24.5. The van der Waals surface area contributed by atoms with Crippen molar-refractivity contribution in [3.63, 3.8) is 0 Å². The van der Waals surface area contributed by atoms with Gasteiger partial charge in [0.25, 0.3) is 0 Å². The number of hydrogen-bond donors (Lipinski definition) is 0. The average molecular weight is 516 g/mol. The Balaban J connectivity index is 1.40. The first-order chi connectivity index (χ1) is 18.7. The topological polar surface area (TPSA) is 33.0 Å². The molecule has 3 rings (SSSR count). The maximum atomic E-state index is 9.99. The summed E-state index contributed by atoms with van der Waals surface area (Å²) in [5.74, 6) is 1.57. The average Bonchev–Trinajstić information content (AvgIpc) is 2.97. The van der Waals surface area contributed by atoms with Gasteiger partial charge < -0.3 is 4.74 Å². The first-order valence-electron chi connectivity index (χ1n) is 15.9. The van der Waals surface area contributed by atoms with Crippen LogP contribution >= 0.6 is 0 Å². The van der Waals surface area contributed by atoms with Crippen molar-refractivity contribution in [2.75, 3.05) is 6.61 Å². The van der Waals surface area contributed by atoms with Gasteiger partial charge in [0.15, 0.2) is 0 Å². The third kappa shape index (κ3) is 10.1. The van der Waals surface area contributed by atoms with Crippen LogP contribution in [0.25, 0.3) is 11.1 Å². The Hall–Kier alpha value is -2.27. The molecule has 0 aliphatic heterocycles. The van der Waals surface area contributed by atoms with Crippen molar-refractivity contribution in [1.82, 2.24) is 0 Å². The molecule has 0 unspecified atom stereocenters. The van der Waals surface area contributed by atoms with Gasteiger partial charge in [0.05, 0.1) is 18.1 Å². The SMILES string of the molecule is CCCCCCCCCC1(C#N)CCC(c2ccc(-c3ccc(OCCCCCCCC)cc3)cc2)CC1. The second-order valence-electron chi connectivity index (χ2n) is 11.8. The van der Waals surface area contributed by atoms with Crippen LogP contribution in [0.1, 0.15) is 141 Å². The second-order valence-corrected chi connectivity index (χ2v) is 11.8. The van der Waals surface area contributed by atoms with Crippen molar-refractivity contribution in [2.45, 2.75) is 135 Å². The van der Waals surface area contributed by atoms with Crippen molar-refractivity contribution in [3.05, 3.63) is 54.1 Å². The van der Waals surface area contributed by atoms with E-state index < -0.39 is 0 Å². The Morgan fingerprint density at radius 2 is 1.18 bits per heavy atom. The van der Waals surface area contributed by atoms with Gasteiger partial charge in [0.2, 0.25) is 0 Å². The van der Waals surface area contributed by atoms with Crippen LogP contribution in [0.15, 0.2) is 48.5 Å². The highest BCUT2D eigenvalue weighted by Gasteiger charge is 2.35. The van der Waals surface area contributed by atoms with E-state index in [2.05, 4.69) is 68.4 Å². The predicted octanol–water partition coefficient (Wildman–Crippen LogP) is 11.4. The maximum absolute atomic E-state index is 9.99. The van der Waals surface area contributed by atoms with Crippen LogP contribution < -0.4 is 4.74 Å². The number of nitriles is 1. The van der Waals surface area contributed by atoms with E-state index in [1.807, 2.05) is 0 Å². The summed E-state index contributed by atoms with van der Waals surface area (Å²) in [5.41, 5.74) is 3.87. The maximum Gasteiger partial charge on any atom is 0.119 e. The van der Waals surface area contributed by atoms with E-state index in [-0.39, 0.29) is 5.41 Å².